The number of hydrogen-bond acceptors (Lipinski definition) is 6. The number of carbonyl (C=O) groups excluding carboxylic acids is 2. The minimum Gasteiger partial charge on any atom is -0.393 e. The highest BCUT2D eigenvalue weighted by Gasteiger charge is 2.24. The average Bonchev–Trinajstić information content (AvgIpc) is 2.78. The second-order valence-corrected chi connectivity index (χ2v) is 10.3. The van der Waals surface area contributed by atoms with Crippen molar-refractivity contribution >= 4 is 46.7 Å². The van der Waals surface area contributed by atoms with Crippen molar-refractivity contribution in [1.29, 1.82) is 0 Å². The average molecular weight is 536 g/mol. The SMILES string of the molecule is CCC(O)(Cl)Cl.CCCCCCCCCCCCCCCCC(Cl)C(=O)OC(=O)C(O)CO. The van der Waals surface area contributed by atoms with Gasteiger partial charge in [-0.25, -0.2) is 9.59 Å². The van der Waals surface area contributed by atoms with E-state index in [2.05, 4.69) is 11.7 Å². The Morgan fingerprint density at radius 2 is 1.15 bits per heavy atom. The molecule has 0 rings (SSSR count). The van der Waals surface area contributed by atoms with Gasteiger partial charge < -0.3 is 20.1 Å². The number of aliphatic hydroxyl groups is 3. The highest BCUT2D eigenvalue weighted by atomic mass is 35.5. The highest BCUT2D eigenvalue weighted by molar-refractivity contribution is 6.46. The topological polar surface area (TPSA) is 104 Å². The predicted octanol–water partition coefficient (Wildman–Crippen LogP) is 6.41. The number of alkyl halides is 3. The fourth-order valence-electron chi connectivity index (χ4n) is 2.94. The summed E-state index contributed by atoms with van der Waals surface area (Å²) >= 11 is 16.0. The Balaban J connectivity index is 0. The van der Waals surface area contributed by atoms with Crippen molar-refractivity contribution in [2.75, 3.05) is 6.61 Å². The van der Waals surface area contributed by atoms with Gasteiger partial charge in [-0.15, -0.1) is 11.6 Å². The smallest absolute Gasteiger partial charge is 0.345 e. The molecule has 0 aromatic carbocycles. The molecule has 0 saturated heterocycles. The van der Waals surface area contributed by atoms with E-state index in [1.54, 1.807) is 6.92 Å². The largest absolute Gasteiger partial charge is 0.393 e. The number of hydrogen-bond donors (Lipinski definition) is 3. The molecular formula is C24H45Cl3O6. The Morgan fingerprint density at radius 3 is 1.48 bits per heavy atom. The van der Waals surface area contributed by atoms with Crippen LogP contribution < -0.4 is 0 Å². The van der Waals surface area contributed by atoms with Gasteiger partial charge in [0, 0.05) is 6.42 Å². The Hall–Kier alpha value is -0.110. The summed E-state index contributed by atoms with van der Waals surface area (Å²) in [6, 6.07) is 0. The Labute approximate surface area is 215 Å². The van der Waals surface area contributed by atoms with E-state index < -0.39 is 34.5 Å². The van der Waals surface area contributed by atoms with Gasteiger partial charge in [-0.1, -0.05) is 127 Å². The number of rotatable bonds is 19. The summed E-state index contributed by atoms with van der Waals surface area (Å²) in [5, 5.41) is 25.1. The van der Waals surface area contributed by atoms with Crippen LogP contribution in [0.3, 0.4) is 0 Å². The van der Waals surface area contributed by atoms with Crippen LogP contribution in [0.15, 0.2) is 0 Å². The summed E-state index contributed by atoms with van der Waals surface area (Å²) in [7, 11) is 0. The maximum atomic E-state index is 11.6. The van der Waals surface area contributed by atoms with Crippen molar-refractivity contribution in [2.24, 2.45) is 0 Å². The first-order valence-electron chi connectivity index (χ1n) is 12.4. The summed E-state index contributed by atoms with van der Waals surface area (Å²) in [6.45, 7) is 3.16. The van der Waals surface area contributed by atoms with Gasteiger partial charge >= 0.3 is 11.9 Å². The van der Waals surface area contributed by atoms with Crippen LogP contribution in [0, 0.1) is 0 Å². The lowest BCUT2D eigenvalue weighted by Gasteiger charge is -2.10. The van der Waals surface area contributed by atoms with Crippen LogP contribution in [0.2, 0.25) is 0 Å². The number of carbonyl (C=O) groups is 2. The molecule has 0 bridgehead atoms. The number of ether oxygens (including phenoxy) is 1. The van der Waals surface area contributed by atoms with Crippen LogP contribution in [-0.4, -0.2) is 49.9 Å². The minimum absolute atomic E-state index is 0.357. The molecular weight excluding hydrogens is 491 g/mol. The summed E-state index contributed by atoms with van der Waals surface area (Å²) < 4.78 is 2.90. The maximum absolute atomic E-state index is 11.6. The normalized spacial score (nSPS) is 13.1. The second-order valence-electron chi connectivity index (χ2n) is 8.31. The number of unbranched alkanes of at least 4 members (excludes halogenated alkanes) is 13. The summed E-state index contributed by atoms with van der Waals surface area (Å²) in [5.74, 6) is -2.02. The molecule has 0 saturated carbocycles. The molecule has 0 aliphatic carbocycles. The molecule has 6 nitrogen and oxygen atoms in total. The van der Waals surface area contributed by atoms with E-state index in [1.807, 2.05) is 0 Å². The first kappa shape index (κ1) is 35.1. The van der Waals surface area contributed by atoms with Crippen LogP contribution >= 0.6 is 34.8 Å². The Morgan fingerprint density at radius 1 is 0.788 bits per heavy atom. The van der Waals surface area contributed by atoms with Gasteiger partial charge in [0.1, 0.15) is 5.38 Å². The molecule has 0 aliphatic rings. The standard InChI is InChI=1S/C21H39ClO5.C3H6Cl2O/c1-2-3-4-5-6-7-8-9-10-11-12-13-14-15-16-18(22)20(25)27-21(26)19(24)17-23;1-2-3(4,5)6/h18-19,23-24H,2-17H2,1H3;6H,2H2,1H3. The minimum atomic E-state index is -1.70. The molecule has 0 aliphatic heterocycles. The molecule has 0 fully saturated rings. The van der Waals surface area contributed by atoms with Crippen molar-refractivity contribution in [3.63, 3.8) is 0 Å². The van der Waals surface area contributed by atoms with E-state index in [0.717, 1.165) is 19.3 Å². The van der Waals surface area contributed by atoms with Gasteiger partial charge in [-0.05, 0) is 6.42 Å². The zero-order valence-electron chi connectivity index (χ0n) is 20.4. The molecule has 0 radical (unpaired) electrons. The highest BCUT2D eigenvalue weighted by Crippen LogP contribution is 2.19. The molecule has 0 spiro atoms. The first-order chi connectivity index (χ1) is 15.6. The third-order valence-corrected chi connectivity index (χ3v) is 6.07. The molecule has 9 heteroatoms. The lowest BCUT2D eigenvalue weighted by Crippen LogP contribution is -2.31. The zero-order chi connectivity index (χ0) is 25.5. The number of halogens is 3. The van der Waals surface area contributed by atoms with Gasteiger partial charge in [0.05, 0.1) is 6.61 Å². The lowest BCUT2D eigenvalue weighted by molar-refractivity contribution is -0.167. The predicted molar refractivity (Wildman–Crippen MR) is 136 cm³/mol. The summed E-state index contributed by atoms with van der Waals surface area (Å²) in [4.78, 5) is 22.7. The van der Waals surface area contributed by atoms with Crippen LogP contribution in [0.4, 0.5) is 0 Å². The molecule has 2 unspecified atom stereocenters. The first-order valence-corrected chi connectivity index (χ1v) is 13.6. The third kappa shape index (κ3) is 26.3. The molecule has 0 amide bonds. The molecule has 2 atom stereocenters. The van der Waals surface area contributed by atoms with Crippen molar-refractivity contribution in [2.45, 2.75) is 133 Å². The van der Waals surface area contributed by atoms with Gasteiger partial charge in [-0.2, -0.15) is 0 Å². The van der Waals surface area contributed by atoms with Crippen LogP contribution in [0.1, 0.15) is 117 Å². The van der Waals surface area contributed by atoms with Crippen molar-refractivity contribution < 1.29 is 29.6 Å². The van der Waals surface area contributed by atoms with E-state index in [4.69, 9.17) is 50.1 Å². The molecule has 0 aromatic rings. The molecule has 0 heterocycles. The fraction of sp³-hybridized carbons (Fsp3) is 0.917. The van der Waals surface area contributed by atoms with E-state index in [1.165, 1.54) is 70.6 Å². The maximum Gasteiger partial charge on any atom is 0.345 e. The molecule has 0 aromatic heterocycles. The molecule has 3 N–H and O–H groups in total. The number of esters is 2. The van der Waals surface area contributed by atoms with Crippen molar-refractivity contribution in [3.8, 4) is 0 Å². The number of aliphatic hydroxyl groups excluding tert-OH is 2. The van der Waals surface area contributed by atoms with Gasteiger partial charge in [-0.3, -0.25) is 0 Å². The van der Waals surface area contributed by atoms with Crippen LogP contribution in [-0.2, 0) is 14.3 Å². The fourth-order valence-corrected chi connectivity index (χ4v) is 3.14. The third-order valence-electron chi connectivity index (χ3n) is 5.14. The van der Waals surface area contributed by atoms with Crippen molar-refractivity contribution in [1.82, 2.24) is 0 Å². The van der Waals surface area contributed by atoms with Gasteiger partial charge in [0.25, 0.3) is 0 Å². The second kappa shape index (κ2) is 23.6. The lowest BCUT2D eigenvalue weighted by atomic mass is 10.0. The Kier molecular flexibility index (Phi) is 25.1. The van der Waals surface area contributed by atoms with Crippen LogP contribution in [0.25, 0.3) is 0 Å². The zero-order valence-corrected chi connectivity index (χ0v) is 22.6. The van der Waals surface area contributed by atoms with Crippen LogP contribution in [0.5, 0.6) is 0 Å². The van der Waals surface area contributed by atoms with Gasteiger partial charge in [0.2, 0.25) is 4.52 Å². The summed E-state index contributed by atoms with van der Waals surface area (Å²) in [5.41, 5.74) is 0. The quantitative estimate of drug-likeness (QED) is 0.0764. The van der Waals surface area contributed by atoms with E-state index >= 15 is 0 Å². The van der Waals surface area contributed by atoms with Gasteiger partial charge in [0.15, 0.2) is 6.10 Å². The van der Waals surface area contributed by atoms with Crippen molar-refractivity contribution in [3.05, 3.63) is 0 Å². The molecule has 198 valence electrons. The van der Waals surface area contributed by atoms with E-state index in [-0.39, 0.29) is 0 Å². The summed E-state index contributed by atoms with van der Waals surface area (Å²) in [6.07, 6.45) is 16.7. The molecule has 33 heavy (non-hydrogen) atoms. The van der Waals surface area contributed by atoms with E-state index in [0.29, 0.717) is 12.8 Å². The monoisotopic (exact) mass is 534 g/mol. The Bertz CT molecular complexity index is 472. The van der Waals surface area contributed by atoms with E-state index in [9.17, 15) is 9.59 Å².